The summed E-state index contributed by atoms with van der Waals surface area (Å²) in [5, 5.41) is 3.04. The number of imide groups is 1. The Bertz CT molecular complexity index is 977. The van der Waals surface area contributed by atoms with Crippen molar-refractivity contribution in [3.8, 4) is 0 Å². The van der Waals surface area contributed by atoms with Crippen molar-refractivity contribution in [2.24, 2.45) is 11.8 Å². The van der Waals surface area contributed by atoms with E-state index >= 15 is 0 Å². The van der Waals surface area contributed by atoms with Gasteiger partial charge in [0.2, 0.25) is 0 Å². The normalized spacial score (nSPS) is 20.7. The third-order valence-corrected chi connectivity index (χ3v) is 5.89. The molecular formula is C22H18Cl2N2O3. The van der Waals surface area contributed by atoms with Crippen LogP contribution in [-0.4, -0.2) is 27.7 Å². The van der Waals surface area contributed by atoms with Gasteiger partial charge in [0.15, 0.2) is 0 Å². The van der Waals surface area contributed by atoms with Gasteiger partial charge in [-0.1, -0.05) is 59.6 Å². The van der Waals surface area contributed by atoms with Gasteiger partial charge in [0.25, 0.3) is 17.7 Å². The summed E-state index contributed by atoms with van der Waals surface area (Å²) in [6.07, 6.45) is 4.83. The molecule has 1 fully saturated rings. The predicted molar refractivity (Wildman–Crippen MR) is 110 cm³/mol. The van der Waals surface area contributed by atoms with E-state index in [2.05, 4.69) is 0 Å². The van der Waals surface area contributed by atoms with E-state index in [1.807, 2.05) is 12.2 Å². The van der Waals surface area contributed by atoms with Crippen LogP contribution in [0.15, 0.2) is 60.7 Å². The second-order valence-corrected chi connectivity index (χ2v) is 7.96. The van der Waals surface area contributed by atoms with Crippen LogP contribution in [0.25, 0.3) is 0 Å². The average Bonchev–Trinajstić information content (AvgIpc) is 2.98. The van der Waals surface area contributed by atoms with E-state index in [4.69, 9.17) is 23.2 Å². The molecule has 3 amide bonds. The molecule has 0 bridgehead atoms. The predicted octanol–water partition coefficient (Wildman–Crippen LogP) is 4.50. The molecule has 0 unspecified atom stereocenters. The number of hydrazine groups is 1. The number of allylic oxidation sites excluding steroid dienone is 2. The van der Waals surface area contributed by atoms with Gasteiger partial charge in [-0.3, -0.25) is 14.4 Å². The lowest BCUT2D eigenvalue weighted by atomic mass is 9.85. The van der Waals surface area contributed by atoms with Crippen LogP contribution >= 0.6 is 23.2 Å². The number of rotatable bonds is 4. The molecule has 0 aromatic heterocycles. The fraction of sp³-hybridized carbons (Fsp3) is 0.227. The van der Waals surface area contributed by atoms with Crippen molar-refractivity contribution >= 4 is 40.9 Å². The number of hydrogen-bond acceptors (Lipinski definition) is 3. The van der Waals surface area contributed by atoms with Crippen LogP contribution in [0, 0.1) is 11.8 Å². The van der Waals surface area contributed by atoms with Crippen LogP contribution in [0.1, 0.15) is 28.8 Å². The van der Waals surface area contributed by atoms with E-state index in [0.717, 1.165) is 10.6 Å². The molecule has 0 spiro atoms. The maximum atomic E-state index is 13.4. The first kappa shape index (κ1) is 19.7. The van der Waals surface area contributed by atoms with E-state index < -0.39 is 17.7 Å². The van der Waals surface area contributed by atoms with Crippen molar-refractivity contribution < 1.29 is 14.4 Å². The maximum absolute atomic E-state index is 13.4. The number of carbonyl (C=O) groups is 3. The van der Waals surface area contributed by atoms with Crippen molar-refractivity contribution in [1.29, 1.82) is 0 Å². The van der Waals surface area contributed by atoms with Gasteiger partial charge in [0.05, 0.1) is 29.0 Å². The Morgan fingerprint density at radius 1 is 0.931 bits per heavy atom. The lowest BCUT2D eigenvalue weighted by molar-refractivity contribution is -0.155. The van der Waals surface area contributed by atoms with Crippen LogP contribution in [0.4, 0.5) is 0 Å². The topological polar surface area (TPSA) is 57.7 Å². The number of amides is 3. The Kier molecular flexibility index (Phi) is 5.43. The van der Waals surface area contributed by atoms with Crippen LogP contribution < -0.4 is 0 Å². The van der Waals surface area contributed by atoms with E-state index in [1.165, 1.54) is 5.01 Å². The third-order valence-electron chi connectivity index (χ3n) is 5.31. The number of carbonyl (C=O) groups excluding carboxylic acids is 3. The van der Waals surface area contributed by atoms with Crippen LogP contribution in [0.3, 0.4) is 0 Å². The highest BCUT2D eigenvalue weighted by molar-refractivity contribution is 6.34. The average molecular weight is 429 g/mol. The molecule has 0 N–H and O–H groups in total. The number of benzene rings is 2. The lowest BCUT2D eigenvalue weighted by Crippen LogP contribution is -2.49. The molecule has 2 atom stereocenters. The Labute approximate surface area is 178 Å². The number of fused-ring (bicyclic) bond motifs is 1. The summed E-state index contributed by atoms with van der Waals surface area (Å²) < 4.78 is 0. The van der Waals surface area contributed by atoms with Crippen molar-refractivity contribution in [2.45, 2.75) is 19.4 Å². The molecule has 1 aliphatic carbocycles. The minimum absolute atomic E-state index is 0.0472. The molecule has 1 heterocycles. The summed E-state index contributed by atoms with van der Waals surface area (Å²) in [4.78, 5) is 39.5. The smallest absolute Gasteiger partial charge is 0.272 e. The second kappa shape index (κ2) is 8.01. The molecule has 148 valence electrons. The van der Waals surface area contributed by atoms with Crippen molar-refractivity contribution in [3.05, 3.63) is 81.9 Å². The molecule has 7 heteroatoms. The van der Waals surface area contributed by atoms with E-state index in [0.29, 0.717) is 17.9 Å². The summed E-state index contributed by atoms with van der Waals surface area (Å²) >= 11 is 12.2. The summed E-state index contributed by atoms with van der Waals surface area (Å²) in [6, 6.07) is 13.5. The van der Waals surface area contributed by atoms with Crippen LogP contribution in [-0.2, 0) is 16.1 Å². The number of hydrogen-bond donors (Lipinski definition) is 0. The monoisotopic (exact) mass is 428 g/mol. The van der Waals surface area contributed by atoms with Gasteiger partial charge in [-0.15, -0.1) is 0 Å². The molecule has 2 aliphatic rings. The highest BCUT2D eigenvalue weighted by Gasteiger charge is 2.50. The summed E-state index contributed by atoms with van der Waals surface area (Å²) in [6.45, 7) is 0.0472. The van der Waals surface area contributed by atoms with Gasteiger partial charge < -0.3 is 0 Å². The molecule has 0 radical (unpaired) electrons. The van der Waals surface area contributed by atoms with Gasteiger partial charge in [0.1, 0.15) is 0 Å². The minimum atomic E-state index is -0.501. The Hall–Kier alpha value is -2.63. The zero-order valence-corrected chi connectivity index (χ0v) is 16.9. The van der Waals surface area contributed by atoms with Gasteiger partial charge in [0, 0.05) is 5.02 Å². The van der Waals surface area contributed by atoms with Gasteiger partial charge >= 0.3 is 0 Å². The Balaban J connectivity index is 1.73. The Morgan fingerprint density at radius 2 is 1.52 bits per heavy atom. The number of nitrogens with zero attached hydrogens (tertiary/aromatic N) is 2. The van der Waals surface area contributed by atoms with Gasteiger partial charge in [-0.2, -0.15) is 5.01 Å². The number of halogens is 2. The zero-order valence-electron chi connectivity index (χ0n) is 15.4. The maximum Gasteiger partial charge on any atom is 0.274 e. The molecule has 5 nitrogen and oxygen atoms in total. The van der Waals surface area contributed by atoms with Crippen molar-refractivity contribution in [2.75, 3.05) is 0 Å². The summed E-state index contributed by atoms with van der Waals surface area (Å²) in [5.74, 6) is -2.06. The van der Waals surface area contributed by atoms with Crippen LogP contribution in [0.2, 0.25) is 10.0 Å². The minimum Gasteiger partial charge on any atom is -0.272 e. The standard InChI is InChI=1S/C22H18Cl2N2O3/c23-15-11-9-14(10-12-15)13-25(20(27)18-7-3-4-8-19(18)24)26-21(28)16-5-1-2-6-17(16)22(26)29/h1-4,7-12,16-17H,5-6,13H2/t16-,17+. The molecule has 4 rings (SSSR count). The largest absolute Gasteiger partial charge is 0.274 e. The molecule has 29 heavy (non-hydrogen) atoms. The highest BCUT2D eigenvalue weighted by atomic mass is 35.5. The second-order valence-electron chi connectivity index (χ2n) is 7.11. The van der Waals surface area contributed by atoms with Gasteiger partial charge in [-0.25, -0.2) is 5.01 Å². The van der Waals surface area contributed by atoms with Crippen molar-refractivity contribution in [3.63, 3.8) is 0 Å². The fourth-order valence-electron chi connectivity index (χ4n) is 3.79. The van der Waals surface area contributed by atoms with Crippen molar-refractivity contribution in [1.82, 2.24) is 10.0 Å². The highest BCUT2D eigenvalue weighted by Crippen LogP contribution is 2.37. The third kappa shape index (κ3) is 3.68. The van der Waals surface area contributed by atoms with Crippen LogP contribution in [0.5, 0.6) is 0 Å². The van der Waals surface area contributed by atoms with E-state index in [9.17, 15) is 14.4 Å². The van der Waals surface area contributed by atoms with E-state index in [1.54, 1.807) is 48.5 Å². The lowest BCUT2D eigenvalue weighted by Gasteiger charge is -2.31. The molecule has 0 saturated carbocycles. The molecule has 2 aromatic rings. The fourth-order valence-corrected chi connectivity index (χ4v) is 4.13. The Morgan fingerprint density at radius 3 is 2.10 bits per heavy atom. The molecular weight excluding hydrogens is 411 g/mol. The first-order valence-corrected chi connectivity index (χ1v) is 10.1. The SMILES string of the molecule is O=C(c1ccccc1Cl)N(Cc1ccc(Cl)cc1)N1C(=O)[C@H]2CC=CC[C@H]2C1=O. The first-order chi connectivity index (χ1) is 14.0. The zero-order chi connectivity index (χ0) is 20.5. The summed E-state index contributed by atoms with van der Waals surface area (Å²) in [7, 11) is 0. The quantitative estimate of drug-likeness (QED) is 0.531. The molecule has 1 aliphatic heterocycles. The summed E-state index contributed by atoms with van der Waals surface area (Å²) in [5.41, 5.74) is 0.972. The molecule has 1 saturated heterocycles. The first-order valence-electron chi connectivity index (χ1n) is 9.31. The molecule has 2 aromatic carbocycles. The van der Waals surface area contributed by atoms with Gasteiger partial charge in [-0.05, 0) is 42.7 Å². The van der Waals surface area contributed by atoms with E-state index in [-0.39, 0.29) is 28.9 Å².